The lowest BCUT2D eigenvalue weighted by atomic mass is 10.1. The van der Waals surface area contributed by atoms with E-state index in [0.29, 0.717) is 11.5 Å². The first-order chi connectivity index (χ1) is 12.0. The summed E-state index contributed by atoms with van der Waals surface area (Å²) in [5.74, 6) is -0.278. The first-order valence-corrected chi connectivity index (χ1v) is 7.18. The lowest BCUT2D eigenvalue weighted by molar-refractivity contribution is -0.0498. The summed E-state index contributed by atoms with van der Waals surface area (Å²) in [5, 5.41) is 0. The maximum Gasteiger partial charge on any atom is 0.387 e. The zero-order valence-electron chi connectivity index (χ0n) is 12.7. The van der Waals surface area contributed by atoms with E-state index in [1.54, 1.807) is 6.07 Å². The summed E-state index contributed by atoms with van der Waals surface area (Å²) in [6.07, 6.45) is 0. The molecule has 6 nitrogen and oxygen atoms in total. The number of hydrogen-bond donors (Lipinski definition) is 0. The molecule has 0 saturated carbocycles. The Hall–Kier alpha value is -3.16. The van der Waals surface area contributed by atoms with Crippen LogP contribution in [0.2, 0.25) is 0 Å². The molecule has 0 aliphatic carbocycles. The molecule has 0 amide bonds. The lowest BCUT2D eigenvalue weighted by Gasteiger charge is -2.07. The molecule has 0 spiro atoms. The zero-order chi connectivity index (χ0) is 17.8. The number of ketones is 1. The molecule has 2 aromatic carbocycles. The molecule has 130 valence electrons. The molecule has 0 N–H and O–H groups in total. The Morgan fingerprint density at radius 2 is 1.68 bits per heavy atom. The predicted octanol–water partition coefficient (Wildman–Crippen LogP) is 3.06. The molecule has 0 radical (unpaired) electrons. The molecule has 0 unspecified atom stereocenters. The van der Waals surface area contributed by atoms with Gasteiger partial charge < -0.3 is 18.9 Å². The van der Waals surface area contributed by atoms with Crippen molar-refractivity contribution in [1.82, 2.24) is 0 Å². The van der Waals surface area contributed by atoms with E-state index < -0.39 is 25.0 Å². The molecule has 1 aliphatic heterocycles. The number of esters is 1. The minimum atomic E-state index is -2.94. The summed E-state index contributed by atoms with van der Waals surface area (Å²) in [6, 6.07) is 9.63. The Morgan fingerprint density at radius 3 is 2.40 bits per heavy atom. The Labute approximate surface area is 140 Å². The van der Waals surface area contributed by atoms with Gasteiger partial charge in [-0.15, -0.1) is 0 Å². The molecular formula is C17H12F2O6. The number of benzene rings is 2. The zero-order valence-corrected chi connectivity index (χ0v) is 12.7. The van der Waals surface area contributed by atoms with Crippen molar-refractivity contribution in [2.45, 2.75) is 6.61 Å². The van der Waals surface area contributed by atoms with Crippen molar-refractivity contribution in [2.75, 3.05) is 13.4 Å². The molecule has 0 atom stereocenters. The second-order valence-corrected chi connectivity index (χ2v) is 4.97. The number of rotatable bonds is 6. The average Bonchev–Trinajstić information content (AvgIpc) is 3.07. The van der Waals surface area contributed by atoms with Crippen molar-refractivity contribution in [2.24, 2.45) is 0 Å². The van der Waals surface area contributed by atoms with Crippen molar-refractivity contribution >= 4 is 11.8 Å². The Bertz CT molecular complexity index is 788. The molecule has 1 heterocycles. The summed E-state index contributed by atoms with van der Waals surface area (Å²) in [7, 11) is 0. The fourth-order valence-corrected chi connectivity index (χ4v) is 2.14. The Balaban J connectivity index is 1.57. The SMILES string of the molecule is O=C(COC(=O)c1ccc2c(c1)OCO2)c1ccc(OC(F)F)cc1. The van der Waals surface area contributed by atoms with Gasteiger partial charge in [-0.1, -0.05) is 0 Å². The quantitative estimate of drug-likeness (QED) is 0.589. The molecule has 2 aromatic rings. The highest BCUT2D eigenvalue weighted by atomic mass is 19.3. The predicted molar refractivity (Wildman–Crippen MR) is 80.3 cm³/mol. The van der Waals surface area contributed by atoms with E-state index in [9.17, 15) is 18.4 Å². The van der Waals surface area contributed by atoms with E-state index in [0.717, 1.165) is 0 Å². The van der Waals surface area contributed by atoms with Crippen LogP contribution in [-0.2, 0) is 4.74 Å². The van der Waals surface area contributed by atoms with Crippen molar-refractivity contribution in [3.63, 3.8) is 0 Å². The first-order valence-electron chi connectivity index (χ1n) is 7.18. The lowest BCUT2D eigenvalue weighted by Crippen LogP contribution is -2.14. The summed E-state index contributed by atoms with van der Waals surface area (Å²) >= 11 is 0. The maximum atomic E-state index is 12.1. The monoisotopic (exact) mass is 350 g/mol. The number of Topliss-reactive ketones (excluding diaryl/α,β-unsaturated/α-hetero) is 1. The second kappa shape index (κ2) is 7.16. The van der Waals surface area contributed by atoms with Crippen LogP contribution in [0, 0.1) is 0 Å². The first kappa shape index (κ1) is 16.7. The Kier molecular flexibility index (Phi) is 4.78. The number of ether oxygens (including phenoxy) is 4. The van der Waals surface area contributed by atoms with Crippen molar-refractivity contribution in [3.05, 3.63) is 53.6 Å². The molecule has 0 saturated heterocycles. The van der Waals surface area contributed by atoms with Gasteiger partial charge in [0.25, 0.3) is 0 Å². The fraction of sp³-hybridized carbons (Fsp3) is 0.176. The van der Waals surface area contributed by atoms with E-state index in [4.69, 9.17) is 14.2 Å². The molecule has 25 heavy (non-hydrogen) atoms. The van der Waals surface area contributed by atoms with Gasteiger partial charge in [0.1, 0.15) is 5.75 Å². The van der Waals surface area contributed by atoms with Gasteiger partial charge in [0, 0.05) is 5.56 Å². The minimum Gasteiger partial charge on any atom is -0.454 e. The van der Waals surface area contributed by atoms with Crippen LogP contribution in [-0.4, -0.2) is 31.8 Å². The topological polar surface area (TPSA) is 71.1 Å². The molecule has 3 rings (SSSR count). The molecule has 8 heteroatoms. The molecule has 1 aliphatic rings. The van der Waals surface area contributed by atoms with Crippen LogP contribution in [0.15, 0.2) is 42.5 Å². The van der Waals surface area contributed by atoms with Crippen molar-refractivity contribution < 1.29 is 37.3 Å². The third-order valence-electron chi connectivity index (χ3n) is 3.34. The third kappa shape index (κ3) is 4.03. The van der Waals surface area contributed by atoms with Gasteiger partial charge in [-0.3, -0.25) is 4.79 Å². The third-order valence-corrected chi connectivity index (χ3v) is 3.34. The van der Waals surface area contributed by atoms with E-state index in [1.165, 1.54) is 36.4 Å². The number of alkyl halides is 2. The maximum absolute atomic E-state index is 12.1. The van der Waals surface area contributed by atoms with Crippen LogP contribution >= 0.6 is 0 Å². The van der Waals surface area contributed by atoms with Gasteiger partial charge >= 0.3 is 12.6 Å². The Morgan fingerprint density at radius 1 is 1.00 bits per heavy atom. The number of hydrogen-bond acceptors (Lipinski definition) is 6. The van der Waals surface area contributed by atoms with Crippen LogP contribution in [0.1, 0.15) is 20.7 Å². The van der Waals surface area contributed by atoms with E-state index >= 15 is 0 Å². The summed E-state index contributed by atoms with van der Waals surface area (Å²) in [5.41, 5.74) is 0.429. The molecular weight excluding hydrogens is 338 g/mol. The second-order valence-electron chi connectivity index (χ2n) is 4.97. The van der Waals surface area contributed by atoms with Gasteiger partial charge in [-0.05, 0) is 42.5 Å². The number of carbonyl (C=O) groups is 2. The van der Waals surface area contributed by atoms with E-state index in [-0.39, 0.29) is 23.7 Å². The molecule has 0 aromatic heterocycles. The fourth-order valence-electron chi connectivity index (χ4n) is 2.14. The van der Waals surface area contributed by atoms with Crippen LogP contribution in [0.3, 0.4) is 0 Å². The smallest absolute Gasteiger partial charge is 0.387 e. The summed E-state index contributed by atoms with van der Waals surface area (Å²) in [6.45, 7) is -3.34. The van der Waals surface area contributed by atoms with Crippen molar-refractivity contribution in [1.29, 1.82) is 0 Å². The summed E-state index contributed by atoms with van der Waals surface area (Å²) < 4.78 is 43.6. The highest BCUT2D eigenvalue weighted by Gasteiger charge is 2.18. The molecule has 0 fully saturated rings. The van der Waals surface area contributed by atoms with Gasteiger partial charge in [-0.25, -0.2) is 4.79 Å². The van der Waals surface area contributed by atoms with Crippen LogP contribution in [0.5, 0.6) is 17.2 Å². The van der Waals surface area contributed by atoms with Gasteiger partial charge in [0.05, 0.1) is 5.56 Å². The van der Waals surface area contributed by atoms with E-state index in [1.807, 2.05) is 0 Å². The average molecular weight is 350 g/mol. The number of halogens is 2. The van der Waals surface area contributed by atoms with E-state index in [2.05, 4.69) is 4.74 Å². The highest BCUT2D eigenvalue weighted by molar-refractivity contribution is 5.99. The number of fused-ring (bicyclic) bond motifs is 1. The van der Waals surface area contributed by atoms with Gasteiger partial charge in [-0.2, -0.15) is 8.78 Å². The highest BCUT2D eigenvalue weighted by Crippen LogP contribution is 2.32. The molecule has 0 bridgehead atoms. The summed E-state index contributed by atoms with van der Waals surface area (Å²) in [4.78, 5) is 24.0. The van der Waals surface area contributed by atoms with Crippen molar-refractivity contribution in [3.8, 4) is 17.2 Å². The standard InChI is InChI=1S/C17H12F2O6/c18-17(19)25-12-4-1-10(2-5-12)13(20)8-22-16(21)11-3-6-14-15(7-11)24-9-23-14/h1-7,17H,8-9H2. The van der Waals surface area contributed by atoms with Gasteiger partial charge in [0.15, 0.2) is 23.9 Å². The largest absolute Gasteiger partial charge is 0.454 e. The van der Waals surface area contributed by atoms with Crippen LogP contribution in [0.4, 0.5) is 8.78 Å². The van der Waals surface area contributed by atoms with Crippen LogP contribution in [0.25, 0.3) is 0 Å². The van der Waals surface area contributed by atoms with Gasteiger partial charge in [0.2, 0.25) is 6.79 Å². The van der Waals surface area contributed by atoms with Crippen LogP contribution < -0.4 is 14.2 Å². The minimum absolute atomic E-state index is 0.0658. The normalized spacial score (nSPS) is 12.1. The number of carbonyl (C=O) groups excluding carboxylic acids is 2.